The van der Waals surface area contributed by atoms with Crippen LogP contribution in [0, 0.1) is 11.6 Å². The van der Waals surface area contributed by atoms with Crippen LogP contribution in [0.25, 0.3) is 0 Å². The van der Waals surface area contributed by atoms with Crippen molar-refractivity contribution in [3.63, 3.8) is 0 Å². The van der Waals surface area contributed by atoms with Gasteiger partial charge in [-0.25, -0.2) is 8.78 Å². The first-order chi connectivity index (χ1) is 11.3. The zero-order valence-corrected chi connectivity index (χ0v) is 12.6. The predicted molar refractivity (Wildman–Crippen MR) is 78.2 cm³/mol. The number of nitrogens with one attached hydrogen (secondary N) is 1. The van der Waals surface area contributed by atoms with E-state index >= 15 is 0 Å². The molecule has 2 rings (SSSR count). The van der Waals surface area contributed by atoms with E-state index in [2.05, 4.69) is 14.8 Å². The molecule has 24 heavy (non-hydrogen) atoms. The van der Waals surface area contributed by atoms with E-state index in [0.29, 0.717) is 5.56 Å². The summed E-state index contributed by atoms with van der Waals surface area (Å²) < 4.78 is 72.8. The summed E-state index contributed by atoms with van der Waals surface area (Å²) in [4.78, 5) is 0. The van der Waals surface area contributed by atoms with Gasteiger partial charge in [0.15, 0.2) is 24.0 Å². The summed E-state index contributed by atoms with van der Waals surface area (Å²) in [6.45, 7) is -1.24. The van der Waals surface area contributed by atoms with Crippen molar-refractivity contribution in [1.29, 1.82) is 0 Å². The topological polar surface area (TPSA) is 30.5 Å². The van der Waals surface area contributed by atoms with Gasteiger partial charge in [0.1, 0.15) is 5.75 Å². The fraction of sp³-hybridized carbons (Fsp3) is 0.250. The Kier molecular flexibility index (Phi) is 5.48. The molecule has 0 radical (unpaired) electrons. The van der Waals surface area contributed by atoms with Gasteiger partial charge in [-0.3, -0.25) is 0 Å². The molecule has 0 saturated heterocycles. The Morgan fingerprint density at radius 2 is 1.71 bits per heavy atom. The molecule has 2 aromatic rings. The molecule has 0 unspecified atom stereocenters. The Morgan fingerprint density at radius 3 is 2.29 bits per heavy atom. The molecule has 3 nitrogen and oxygen atoms in total. The van der Waals surface area contributed by atoms with Gasteiger partial charge in [-0.15, -0.1) is 0 Å². The van der Waals surface area contributed by atoms with Crippen molar-refractivity contribution in [3.05, 3.63) is 53.6 Å². The minimum absolute atomic E-state index is 0.0544. The maximum atomic E-state index is 13.6. The van der Waals surface area contributed by atoms with E-state index in [1.165, 1.54) is 18.2 Å². The monoisotopic (exact) mass is 347 g/mol. The fourth-order valence-corrected chi connectivity index (χ4v) is 1.97. The van der Waals surface area contributed by atoms with E-state index in [1.807, 2.05) is 0 Å². The van der Waals surface area contributed by atoms with Crippen molar-refractivity contribution in [1.82, 2.24) is 0 Å². The Morgan fingerprint density at radius 1 is 1.04 bits per heavy atom. The summed E-state index contributed by atoms with van der Waals surface area (Å²) in [5, 5.41) is 2.78. The lowest BCUT2D eigenvalue weighted by Gasteiger charge is -2.12. The Labute approximate surface area is 135 Å². The van der Waals surface area contributed by atoms with Crippen LogP contribution < -0.4 is 14.8 Å². The van der Waals surface area contributed by atoms with Gasteiger partial charge in [0.2, 0.25) is 0 Å². The number of rotatable bonds is 6. The molecule has 0 aliphatic rings. The summed E-state index contributed by atoms with van der Waals surface area (Å²) in [6, 6.07) is 8.09. The number of hydrogen-bond donors (Lipinski definition) is 1. The minimum atomic E-state index is -4.42. The quantitative estimate of drug-likeness (QED) is 0.779. The van der Waals surface area contributed by atoms with Crippen molar-refractivity contribution in [2.45, 2.75) is 12.7 Å². The third-order valence-electron chi connectivity index (χ3n) is 3.00. The lowest BCUT2D eigenvalue weighted by molar-refractivity contribution is -0.153. The number of anilines is 1. The molecule has 0 spiro atoms. The summed E-state index contributed by atoms with van der Waals surface area (Å²) in [5.41, 5.74) is 0.763. The molecule has 1 N–H and O–H groups in total. The average Bonchev–Trinajstić information content (AvgIpc) is 2.50. The highest BCUT2D eigenvalue weighted by Gasteiger charge is 2.28. The lowest BCUT2D eigenvalue weighted by Crippen LogP contribution is -2.19. The van der Waals surface area contributed by atoms with Crippen LogP contribution in [0.4, 0.5) is 27.6 Å². The maximum absolute atomic E-state index is 13.6. The van der Waals surface area contributed by atoms with E-state index in [0.717, 1.165) is 19.2 Å². The van der Waals surface area contributed by atoms with Crippen LogP contribution in [0.5, 0.6) is 11.5 Å². The third kappa shape index (κ3) is 5.00. The zero-order valence-electron chi connectivity index (χ0n) is 12.6. The average molecular weight is 347 g/mol. The number of halogens is 5. The number of hydrogen-bond acceptors (Lipinski definition) is 3. The molecule has 0 bridgehead atoms. The van der Waals surface area contributed by atoms with Gasteiger partial charge >= 0.3 is 6.18 Å². The van der Waals surface area contributed by atoms with Crippen LogP contribution in [0.2, 0.25) is 0 Å². The number of benzene rings is 2. The van der Waals surface area contributed by atoms with Crippen LogP contribution in [0.3, 0.4) is 0 Å². The fourth-order valence-electron chi connectivity index (χ4n) is 1.97. The van der Waals surface area contributed by atoms with Gasteiger partial charge in [-0.2, -0.15) is 13.2 Å². The minimum Gasteiger partial charge on any atom is -0.491 e. The molecule has 0 saturated carbocycles. The Bertz CT molecular complexity index is 680. The molecule has 0 heterocycles. The molecule has 0 aromatic heterocycles. The number of alkyl halides is 3. The second-order valence-corrected chi connectivity index (χ2v) is 4.88. The Hall–Kier alpha value is -2.51. The normalized spacial score (nSPS) is 11.2. The van der Waals surface area contributed by atoms with Gasteiger partial charge < -0.3 is 14.8 Å². The molecule has 130 valence electrons. The van der Waals surface area contributed by atoms with E-state index in [4.69, 9.17) is 0 Å². The highest BCUT2D eigenvalue weighted by atomic mass is 19.4. The van der Waals surface area contributed by atoms with E-state index in [-0.39, 0.29) is 18.0 Å². The summed E-state index contributed by atoms with van der Waals surface area (Å²) in [5.74, 6) is -2.15. The summed E-state index contributed by atoms with van der Waals surface area (Å²) in [7, 11) is 1.15. The number of methoxy groups -OCH3 is 1. The SMILES string of the molecule is COc1c(F)cc(NCc2cccc(OCC(F)(F)F)c2)cc1F. The smallest absolute Gasteiger partial charge is 0.422 e. The molecular weight excluding hydrogens is 333 g/mol. The van der Waals surface area contributed by atoms with Crippen molar-refractivity contribution >= 4 is 5.69 Å². The summed E-state index contributed by atoms with van der Waals surface area (Å²) >= 11 is 0. The maximum Gasteiger partial charge on any atom is 0.422 e. The largest absolute Gasteiger partial charge is 0.491 e. The van der Waals surface area contributed by atoms with Crippen molar-refractivity contribution in [3.8, 4) is 11.5 Å². The lowest BCUT2D eigenvalue weighted by atomic mass is 10.2. The van der Waals surface area contributed by atoms with Crippen LogP contribution in [0.15, 0.2) is 36.4 Å². The van der Waals surface area contributed by atoms with Crippen LogP contribution in [-0.2, 0) is 6.54 Å². The van der Waals surface area contributed by atoms with Crippen LogP contribution in [-0.4, -0.2) is 19.9 Å². The standard InChI is InChI=1S/C16H14F5NO2/c1-23-15-13(17)6-11(7-14(15)18)22-8-10-3-2-4-12(5-10)24-9-16(19,20)21/h2-7,22H,8-9H2,1H3. The first-order valence-corrected chi connectivity index (χ1v) is 6.84. The van der Waals surface area contributed by atoms with Gasteiger partial charge in [-0.1, -0.05) is 12.1 Å². The van der Waals surface area contributed by atoms with E-state index < -0.39 is 30.2 Å². The predicted octanol–water partition coefficient (Wildman–Crippen LogP) is 4.53. The highest BCUT2D eigenvalue weighted by molar-refractivity contribution is 5.48. The zero-order chi connectivity index (χ0) is 17.7. The second kappa shape index (κ2) is 7.37. The van der Waals surface area contributed by atoms with Crippen molar-refractivity contribution in [2.75, 3.05) is 19.0 Å². The summed E-state index contributed by atoms with van der Waals surface area (Å²) in [6.07, 6.45) is -4.42. The molecule has 8 heteroatoms. The molecule has 0 atom stereocenters. The van der Waals surface area contributed by atoms with Crippen molar-refractivity contribution in [2.24, 2.45) is 0 Å². The molecule has 0 amide bonds. The molecule has 0 aliphatic heterocycles. The van der Waals surface area contributed by atoms with Crippen LogP contribution >= 0.6 is 0 Å². The molecule has 0 fully saturated rings. The molecular formula is C16H14F5NO2. The van der Waals surface area contributed by atoms with Gasteiger partial charge in [0.05, 0.1) is 7.11 Å². The van der Waals surface area contributed by atoms with Gasteiger partial charge in [-0.05, 0) is 17.7 Å². The van der Waals surface area contributed by atoms with E-state index in [1.54, 1.807) is 6.07 Å². The third-order valence-corrected chi connectivity index (χ3v) is 3.00. The Balaban J connectivity index is 2.02. The first kappa shape index (κ1) is 17.8. The number of ether oxygens (including phenoxy) is 2. The van der Waals surface area contributed by atoms with E-state index in [9.17, 15) is 22.0 Å². The van der Waals surface area contributed by atoms with Gasteiger partial charge in [0, 0.05) is 24.4 Å². The van der Waals surface area contributed by atoms with Crippen molar-refractivity contribution < 1.29 is 31.4 Å². The highest BCUT2D eigenvalue weighted by Crippen LogP contribution is 2.26. The molecule has 2 aromatic carbocycles. The van der Waals surface area contributed by atoms with Crippen LogP contribution in [0.1, 0.15) is 5.56 Å². The second-order valence-electron chi connectivity index (χ2n) is 4.88. The van der Waals surface area contributed by atoms with Gasteiger partial charge in [0.25, 0.3) is 0 Å². The molecule has 0 aliphatic carbocycles. The first-order valence-electron chi connectivity index (χ1n) is 6.84.